The topological polar surface area (TPSA) is 58.2 Å². The number of carbonyl (C=O) groups excluding carboxylic acids is 2. The predicted molar refractivity (Wildman–Crippen MR) is 101 cm³/mol. The maximum absolute atomic E-state index is 12.1. The maximum Gasteiger partial charge on any atom is 0.255 e. The normalized spacial score (nSPS) is 10.1. The van der Waals surface area contributed by atoms with E-state index < -0.39 is 0 Å². The number of carbonyl (C=O) groups is 2. The Hall–Kier alpha value is -3.40. The summed E-state index contributed by atoms with van der Waals surface area (Å²) in [6.07, 6.45) is 0. The highest BCUT2D eigenvalue weighted by molar-refractivity contribution is 6.04. The number of benzene rings is 3. The fourth-order valence-corrected chi connectivity index (χ4v) is 2.41. The molecule has 1 amide bonds. The average Bonchev–Trinajstić information content (AvgIpc) is 2.64. The van der Waals surface area contributed by atoms with Crippen LogP contribution in [0.15, 0.2) is 78.9 Å². The highest BCUT2D eigenvalue weighted by Crippen LogP contribution is 2.20. The Morgan fingerprint density at radius 1 is 0.680 bits per heavy atom. The van der Waals surface area contributed by atoms with E-state index in [0.717, 1.165) is 17.1 Å². The molecule has 3 aromatic rings. The van der Waals surface area contributed by atoms with Gasteiger partial charge in [0.05, 0.1) is 0 Å². The van der Waals surface area contributed by atoms with Crippen LogP contribution in [-0.2, 0) is 0 Å². The van der Waals surface area contributed by atoms with Crippen molar-refractivity contribution < 1.29 is 9.59 Å². The third-order valence-corrected chi connectivity index (χ3v) is 3.74. The Morgan fingerprint density at radius 3 is 2.00 bits per heavy atom. The third-order valence-electron chi connectivity index (χ3n) is 3.74. The molecule has 0 atom stereocenters. The van der Waals surface area contributed by atoms with Crippen molar-refractivity contribution in [3.63, 3.8) is 0 Å². The number of amides is 1. The Labute approximate surface area is 146 Å². The lowest BCUT2D eigenvalue weighted by atomic mass is 10.1. The minimum absolute atomic E-state index is 0.0302. The lowest BCUT2D eigenvalue weighted by Gasteiger charge is -2.09. The van der Waals surface area contributed by atoms with Crippen LogP contribution in [0.3, 0.4) is 0 Å². The lowest BCUT2D eigenvalue weighted by molar-refractivity contribution is 0.101. The fraction of sp³-hybridized carbons (Fsp3) is 0.0476. The van der Waals surface area contributed by atoms with Gasteiger partial charge in [0.1, 0.15) is 0 Å². The first-order chi connectivity index (χ1) is 12.1. The van der Waals surface area contributed by atoms with E-state index in [0.29, 0.717) is 11.1 Å². The summed E-state index contributed by atoms with van der Waals surface area (Å²) in [5.74, 6) is -0.113. The molecule has 0 aliphatic carbocycles. The second-order valence-corrected chi connectivity index (χ2v) is 5.66. The lowest BCUT2D eigenvalue weighted by Crippen LogP contribution is -2.11. The van der Waals surface area contributed by atoms with Crippen LogP contribution in [0.1, 0.15) is 27.6 Å². The number of anilines is 3. The van der Waals surface area contributed by atoms with Crippen molar-refractivity contribution in [3.8, 4) is 0 Å². The molecule has 0 fully saturated rings. The van der Waals surface area contributed by atoms with Gasteiger partial charge < -0.3 is 10.6 Å². The summed E-state index contributed by atoms with van der Waals surface area (Å²) in [6, 6.07) is 23.8. The van der Waals surface area contributed by atoms with Gasteiger partial charge in [-0.25, -0.2) is 0 Å². The first-order valence-corrected chi connectivity index (χ1v) is 7.96. The number of ketones is 1. The van der Waals surface area contributed by atoms with E-state index >= 15 is 0 Å². The van der Waals surface area contributed by atoms with Crippen molar-refractivity contribution in [1.82, 2.24) is 0 Å². The minimum atomic E-state index is -0.143. The van der Waals surface area contributed by atoms with Crippen LogP contribution in [-0.4, -0.2) is 11.7 Å². The van der Waals surface area contributed by atoms with Gasteiger partial charge >= 0.3 is 0 Å². The van der Waals surface area contributed by atoms with Crippen LogP contribution in [0.2, 0.25) is 0 Å². The molecule has 3 rings (SSSR count). The summed E-state index contributed by atoms with van der Waals surface area (Å²) in [4.78, 5) is 23.6. The van der Waals surface area contributed by atoms with Gasteiger partial charge in [0, 0.05) is 28.2 Å². The Balaban J connectivity index is 1.67. The van der Waals surface area contributed by atoms with Crippen molar-refractivity contribution in [3.05, 3.63) is 90.0 Å². The van der Waals surface area contributed by atoms with Gasteiger partial charge in [-0.3, -0.25) is 9.59 Å². The molecule has 25 heavy (non-hydrogen) atoms. The number of rotatable bonds is 5. The quantitative estimate of drug-likeness (QED) is 0.655. The summed E-state index contributed by atoms with van der Waals surface area (Å²) in [6.45, 7) is 1.54. The first kappa shape index (κ1) is 16.5. The van der Waals surface area contributed by atoms with Gasteiger partial charge in [0.2, 0.25) is 0 Å². The Kier molecular flexibility index (Phi) is 4.90. The van der Waals surface area contributed by atoms with Crippen LogP contribution in [0, 0.1) is 0 Å². The van der Waals surface area contributed by atoms with E-state index in [2.05, 4.69) is 10.6 Å². The predicted octanol–water partition coefficient (Wildman–Crippen LogP) is 4.89. The molecule has 0 aromatic heterocycles. The van der Waals surface area contributed by atoms with Gasteiger partial charge in [-0.1, -0.05) is 30.3 Å². The smallest absolute Gasteiger partial charge is 0.255 e. The Morgan fingerprint density at radius 2 is 1.32 bits per heavy atom. The molecule has 124 valence electrons. The van der Waals surface area contributed by atoms with E-state index in [1.165, 1.54) is 0 Å². The molecule has 2 N–H and O–H groups in total. The molecule has 4 heteroatoms. The third kappa shape index (κ3) is 4.32. The molecule has 0 heterocycles. The maximum atomic E-state index is 12.1. The molecule has 0 unspecified atom stereocenters. The largest absolute Gasteiger partial charge is 0.356 e. The van der Waals surface area contributed by atoms with Crippen LogP contribution >= 0.6 is 0 Å². The zero-order chi connectivity index (χ0) is 17.6. The van der Waals surface area contributed by atoms with Gasteiger partial charge in [-0.2, -0.15) is 0 Å². The number of nitrogens with one attached hydrogen (secondary N) is 2. The van der Waals surface area contributed by atoms with E-state index in [-0.39, 0.29) is 11.7 Å². The zero-order valence-electron chi connectivity index (χ0n) is 13.8. The summed E-state index contributed by atoms with van der Waals surface area (Å²) >= 11 is 0. The number of hydrogen-bond acceptors (Lipinski definition) is 3. The van der Waals surface area contributed by atoms with E-state index in [1.54, 1.807) is 25.1 Å². The van der Waals surface area contributed by atoms with Gasteiger partial charge in [0.15, 0.2) is 5.78 Å². The van der Waals surface area contributed by atoms with Crippen LogP contribution in [0.5, 0.6) is 0 Å². The standard InChI is InChI=1S/C21H18N2O2/c1-15(24)17-8-5-9-20(14-17)22-18-10-12-19(13-11-18)23-21(25)16-6-3-2-4-7-16/h2-14,22H,1H3,(H,23,25). The van der Waals surface area contributed by atoms with Crippen LogP contribution in [0.4, 0.5) is 17.1 Å². The molecule has 0 saturated heterocycles. The van der Waals surface area contributed by atoms with Gasteiger partial charge in [0.25, 0.3) is 5.91 Å². The van der Waals surface area contributed by atoms with E-state index in [1.807, 2.05) is 60.7 Å². The molecule has 0 aliphatic rings. The van der Waals surface area contributed by atoms with Crippen molar-refractivity contribution in [2.45, 2.75) is 6.92 Å². The van der Waals surface area contributed by atoms with Gasteiger partial charge in [-0.15, -0.1) is 0 Å². The molecular formula is C21H18N2O2. The summed E-state index contributed by atoms with van der Waals surface area (Å²) in [7, 11) is 0. The highest BCUT2D eigenvalue weighted by Gasteiger charge is 2.05. The number of hydrogen-bond donors (Lipinski definition) is 2. The van der Waals surface area contributed by atoms with Crippen molar-refractivity contribution in [1.29, 1.82) is 0 Å². The van der Waals surface area contributed by atoms with Crippen LogP contribution in [0.25, 0.3) is 0 Å². The zero-order valence-corrected chi connectivity index (χ0v) is 13.8. The SMILES string of the molecule is CC(=O)c1cccc(Nc2ccc(NC(=O)c3ccccc3)cc2)c1. The molecule has 0 aliphatic heterocycles. The monoisotopic (exact) mass is 330 g/mol. The van der Waals surface area contributed by atoms with E-state index in [4.69, 9.17) is 0 Å². The molecule has 0 spiro atoms. The van der Waals surface area contributed by atoms with Crippen molar-refractivity contribution in [2.75, 3.05) is 10.6 Å². The van der Waals surface area contributed by atoms with Crippen LogP contribution < -0.4 is 10.6 Å². The summed E-state index contributed by atoms with van der Waals surface area (Å²) < 4.78 is 0. The van der Waals surface area contributed by atoms with E-state index in [9.17, 15) is 9.59 Å². The summed E-state index contributed by atoms with van der Waals surface area (Å²) in [5.41, 5.74) is 3.71. The highest BCUT2D eigenvalue weighted by atomic mass is 16.1. The summed E-state index contributed by atoms with van der Waals surface area (Å²) in [5, 5.41) is 6.11. The molecule has 0 saturated carbocycles. The second kappa shape index (κ2) is 7.45. The molecule has 3 aromatic carbocycles. The van der Waals surface area contributed by atoms with Crippen molar-refractivity contribution in [2.24, 2.45) is 0 Å². The van der Waals surface area contributed by atoms with Gasteiger partial charge in [-0.05, 0) is 55.5 Å². The second-order valence-electron chi connectivity index (χ2n) is 5.66. The minimum Gasteiger partial charge on any atom is -0.356 e. The first-order valence-electron chi connectivity index (χ1n) is 7.96. The Bertz CT molecular complexity index is 887. The molecule has 4 nitrogen and oxygen atoms in total. The molecule has 0 bridgehead atoms. The molecular weight excluding hydrogens is 312 g/mol. The average molecular weight is 330 g/mol. The van der Waals surface area contributed by atoms with Crippen molar-refractivity contribution >= 4 is 28.8 Å². The fourth-order valence-electron chi connectivity index (χ4n) is 2.41. The number of Topliss-reactive ketones (excluding diaryl/α,β-unsaturated/α-hetero) is 1. The molecule has 0 radical (unpaired) electrons.